The standard InChI is InChI=1S/C24H27N5O3/c1-32-20-10-8-16(9-11-20)18-14-26-24(27-15-18)28-19-6-4-5-17(13-19)23(31)29-12-3-2-7-21(29)22(25)30/h4-6,8-11,13-14,18,21H,2-3,7,12,15H2,1H3,(H2,25,30)(H,27,28). The average Bonchev–Trinajstić information content (AvgIpc) is 2.84. The highest BCUT2D eigenvalue weighted by Gasteiger charge is 2.31. The third kappa shape index (κ3) is 4.80. The van der Waals surface area contributed by atoms with Gasteiger partial charge in [0, 0.05) is 29.9 Å². The first-order valence-electron chi connectivity index (χ1n) is 10.7. The van der Waals surface area contributed by atoms with Crippen molar-refractivity contribution in [3.05, 3.63) is 59.7 Å². The first kappa shape index (κ1) is 21.5. The molecular formula is C24H27N5O3. The van der Waals surface area contributed by atoms with E-state index in [0.717, 1.165) is 24.2 Å². The van der Waals surface area contributed by atoms with Crippen molar-refractivity contribution in [3.8, 4) is 5.75 Å². The summed E-state index contributed by atoms with van der Waals surface area (Å²) in [6.45, 7) is 1.11. The summed E-state index contributed by atoms with van der Waals surface area (Å²) >= 11 is 0. The number of likely N-dealkylation sites (tertiary alicyclic amines) is 1. The number of methoxy groups -OCH3 is 1. The van der Waals surface area contributed by atoms with E-state index < -0.39 is 11.9 Å². The molecule has 2 aliphatic rings. The highest BCUT2D eigenvalue weighted by Crippen LogP contribution is 2.23. The van der Waals surface area contributed by atoms with E-state index in [0.29, 0.717) is 36.7 Å². The van der Waals surface area contributed by atoms with E-state index >= 15 is 0 Å². The second kappa shape index (κ2) is 9.64. The van der Waals surface area contributed by atoms with Crippen LogP contribution < -0.4 is 15.8 Å². The molecule has 4 rings (SSSR count). The third-order valence-corrected chi connectivity index (χ3v) is 5.82. The van der Waals surface area contributed by atoms with Crippen LogP contribution in [0.4, 0.5) is 5.69 Å². The molecule has 1 saturated heterocycles. The summed E-state index contributed by atoms with van der Waals surface area (Å²) in [6.07, 6.45) is 4.25. The minimum Gasteiger partial charge on any atom is -0.497 e. The molecule has 3 N–H and O–H groups in total. The quantitative estimate of drug-likeness (QED) is 0.756. The molecule has 0 bridgehead atoms. The van der Waals surface area contributed by atoms with Gasteiger partial charge in [-0.15, -0.1) is 0 Å². The Kier molecular flexibility index (Phi) is 6.49. The fraction of sp³-hybridized carbons (Fsp3) is 0.333. The van der Waals surface area contributed by atoms with Gasteiger partial charge in [0.2, 0.25) is 11.9 Å². The highest BCUT2D eigenvalue weighted by atomic mass is 16.5. The van der Waals surface area contributed by atoms with E-state index in [9.17, 15) is 9.59 Å². The molecule has 0 spiro atoms. The van der Waals surface area contributed by atoms with E-state index in [1.807, 2.05) is 36.5 Å². The monoisotopic (exact) mass is 433 g/mol. The van der Waals surface area contributed by atoms with Gasteiger partial charge >= 0.3 is 0 Å². The number of hydrogen-bond acceptors (Lipinski definition) is 6. The summed E-state index contributed by atoms with van der Waals surface area (Å²) in [5.41, 5.74) is 7.84. The van der Waals surface area contributed by atoms with E-state index in [2.05, 4.69) is 15.3 Å². The zero-order valence-electron chi connectivity index (χ0n) is 18.0. The van der Waals surface area contributed by atoms with E-state index in [4.69, 9.17) is 10.5 Å². The molecule has 8 nitrogen and oxygen atoms in total. The number of hydrogen-bond donors (Lipinski definition) is 2. The Morgan fingerprint density at radius 2 is 1.97 bits per heavy atom. The van der Waals surface area contributed by atoms with Gasteiger partial charge in [-0.05, 0) is 55.2 Å². The maximum absolute atomic E-state index is 13.0. The fourth-order valence-corrected chi connectivity index (χ4v) is 4.04. The summed E-state index contributed by atoms with van der Waals surface area (Å²) in [4.78, 5) is 35.4. The molecule has 2 aromatic carbocycles. The Morgan fingerprint density at radius 1 is 1.16 bits per heavy atom. The van der Waals surface area contributed by atoms with Crippen molar-refractivity contribution in [3.63, 3.8) is 0 Å². The van der Waals surface area contributed by atoms with Gasteiger partial charge < -0.3 is 20.7 Å². The molecule has 0 saturated carbocycles. The number of nitrogens with zero attached hydrogens (tertiary/aromatic N) is 3. The van der Waals surface area contributed by atoms with Crippen LogP contribution in [0.25, 0.3) is 0 Å². The van der Waals surface area contributed by atoms with E-state index in [1.165, 1.54) is 0 Å². The van der Waals surface area contributed by atoms with Gasteiger partial charge in [-0.1, -0.05) is 18.2 Å². The number of nitrogens with one attached hydrogen (secondary N) is 1. The van der Waals surface area contributed by atoms with Crippen LogP contribution in [-0.2, 0) is 4.79 Å². The minimum atomic E-state index is -0.546. The maximum Gasteiger partial charge on any atom is 0.254 e. The number of nitrogens with two attached hydrogens (primary N) is 1. The van der Waals surface area contributed by atoms with Crippen LogP contribution in [0.15, 0.2) is 58.5 Å². The number of rotatable bonds is 5. The lowest BCUT2D eigenvalue weighted by Crippen LogP contribution is -2.50. The molecule has 2 unspecified atom stereocenters. The van der Waals surface area contributed by atoms with Crippen molar-refractivity contribution < 1.29 is 14.3 Å². The Hall–Kier alpha value is -3.68. The van der Waals surface area contributed by atoms with Gasteiger partial charge in [-0.3, -0.25) is 14.6 Å². The lowest BCUT2D eigenvalue weighted by molar-refractivity contribution is -0.123. The van der Waals surface area contributed by atoms with Crippen LogP contribution in [0.5, 0.6) is 5.75 Å². The number of benzene rings is 2. The SMILES string of the molecule is COc1ccc(C2C=NC(Nc3cccc(C(=O)N4CCCCC4C(N)=O)c3)=NC2)cc1. The summed E-state index contributed by atoms with van der Waals surface area (Å²) in [7, 11) is 1.64. The molecule has 2 aliphatic heterocycles. The molecule has 1 fully saturated rings. The van der Waals surface area contributed by atoms with Crippen molar-refractivity contribution in [2.75, 3.05) is 25.5 Å². The first-order valence-corrected chi connectivity index (χ1v) is 10.7. The van der Waals surface area contributed by atoms with Crippen molar-refractivity contribution in [1.29, 1.82) is 0 Å². The molecule has 0 radical (unpaired) electrons. The molecule has 0 aromatic heterocycles. The number of aliphatic imine (C=N–C) groups is 2. The number of primary amides is 1. The van der Waals surface area contributed by atoms with Crippen molar-refractivity contribution in [2.45, 2.75) is 31.2 Å². The van der Waals surface area contributed by atoms with Crippen LogP contribution >= 0.6 is 0 Å². The van der Waals surface area contributed by atoms with Gasteiger partial charge in [0.15, 0.2) is 0 Å². The summed E-state index contributed by atoms with van der Waals surface area (Å²) in [5.74, 6) is 0.764. The number of amides is 2. The number of carbonyl (C=O) groups excluding carboxylic acids is 2. The lowest BCUT2D eigenvalue weighted by atomic mass is 10.00. The molecule has 166 valence electrons. The number of anilines is 1. The zero-order valence-corrected chi connectivity index (χ0v) is 18.0. The minimum absolute atomic E-state index is 0.101. The Morgan fingerprint density at radius 3 is 2.66 bits per heavy atom. The fourth-order valence-electron chi connectivity index (χ4n) is 4.04. The van der Waals surface area contributed by atoms with Gasteiger partial charge in [0.25, 0.3) is 5.91 Å². The Bertz CT molecular complexity index is 1050. The average molecular weight is 434 g/mol. The van der Waals surface area contributed by atoms with Crippen molar-refractivity contribution >= 4 is 29.7 Å². The van der Waals surface area contributed by atoms with Crippen molar-refractivity contribution in [1.82, 2.24) is 4.90 Å². The van der Waals surface area contributed by atoms with E-state index in [1.54, 1.807) is 30.2 Å². The van der Waals surface area contributed by atoms with Crippen LogP contribution in [0.3, 0.4) is 0 Å². The Labute approximate surface area is 187 Å². The summed E-state index contributed by atoms with van der Waals surface area (Å²) < 4.78 is 5.20. The molecule has 8 heteroatoms. The second-order valence-corrected chi connectivity index (χ2v) is 7.94. The lowest BCUT2D eigenvalue weighted by Gasteiger charge is -2.33. The van der Waals surface area contributed by atoms with Gasteiger partial charge in [-0.25, -0.2) is 4.99 Å². The number of guanidine groups is 1. The van der Waals surface area contributed by atoms with Crippen LogP contribution in [0, 0.1) is 0 Å². The predicted octanol–water partition coefficient (Wildman–Crippen LogP) is 2.81. The molecule has 0 aliphatic carbocycles. The zero-order chi connectivity index (χ0) is 22.5. The number of piperidine rings is 1. The van der Waals surface area contributed by atoms with Gasteiger partial charge in [-0.2, -0.15) is 0 Å². The highest BCUT2D eigenvalue weighted by molar-refractivity contribution is 6.02. The topological polar surface area (TPSA) is 109 Å². The molecule has 2 aromatic rings. The van der Waals surface area contributed by atoms with Gasteiger partial charge in [0.05, 0.1) is 13.7 Å². The normalized spacial score (nSPS) is 20.4. The predicted molar refractivity (Wildman–Crippen MR) is 124 cm³/mol. The number of carbonyl (C=O) groups is 2. The summed E-state index contributed by atoms with van der Waals surface area (Å²) in [6, 6.07) is 14.5. The van der Waals surface area contributed by atoms with Crippen LogP contribution in [-0.4, -0.2) is 55.1 Å². The van der Waals surface area contributed by atoms with Crippen molar-refractivity contribution in [2.24, 2.45) is 15.7 Å². The Balaban J connectivity index is 1.42. The largest absolute Gasteiger partial charge is 0.497 e. The van der Waals surface area contributed by atoms with E-state index in [-0.39, 0.29) is 11.8 Å². The summed E-state index contributed by atoms with van der Waals surface area (Å²) in [5, 5.41) is 3.17. The molecule has 2 heterocycles. The van der Waals surface area contributed by atoms with Crippen LogP contribution in [0.1, 0.15) is 41.1 Å². The third-order valence-electron chi connectivity index (χ3n) is 5.82. The van der Waals surface area contributed by atoms with Gasteiger partial charge in [0.1, 0.15) is 11.8 Å². The number of ether oxygens (including phenoxy) is 1. The molecule has 2 atom stereocenters. The van der Waals surface area contributed by atoms with Crippen LogP contribution in [0.2, 0.25) is 0 Å². The maximum atomic E-state index is 13.0. The molecule has 32 heavy (non-hydrogen) atoms. The molecular weight excluding hydrogens is 406 g/mol. The second-order valence-electron chi connectivity index (χ2n) is 7.94. The first-order chi connectivity index (χ1) is 15.5. The smallest absolute Gasteiger partial charge is 0.254 e. The molecule has 2 amide bonds.